The number of aromatic nitrogens is 6. The molecule has 19 heavy (non-hydrogen) atoms. The molecule has 0 unspecified atom stereocenters. The van der Waals surface area contributed by atoms with Gasteiger partial charge in [0.1, 0.15) is 11.4 Å². The third kappa shape index (κ3) is 2.30. The normalized spacial score (nSPS) is 10.6. The first kappa shape index (κ1) is 11.4. The number of nitrogens with zero attached hydrogens (tertiary/aromatic N) is 6. The third-order valence-electron chi connectivity index (χ3n) is 2.43. The van der Waals surface area contributed by atoms with E-state index in [1.165, 1.54) is 0 Å². The maximum Gasteiger partial charge on any atom is 0.268 e. The highest BCUT2D eigenvalue weighted by atomic mass is 16.4. The Morgan fingerprint density at radius 1 is 0.684 bits per heavy atom. The van der Waals surface area contributed by atoms with Crippen LogP contribution in [-0.4, -0.2) is 30.1 Å². The molecule has 0 spiro atoms. The van der Waals surface area contributed by atoms with Gasteiger partial charge in [-0.05, 0) is 13.8 Å². The molecule has 0 saturated carbocycles. The van der Waals surface area contributed by atoms with Crippen LogP contribution in [0.4, 0.5) is 0 Å². The molecule has 0 N–H and O–H groups in total. The van der Waals surface area contributed by atoms with E-state index in [0.717, 1.165) is 11.4 Å². The summed E-state index contributed by atoms with van der Waals surface area (Å²) in [6.07, 6.45) is 6.47. The number of hydrogen-bond donors (Lipinski definition) is 0. The van der Waals surface area contributed by atoms with Gasteiger partial charge >= 0.3 is 0 Å². The van der Waals surface area contributed by atoms with E-state index in [2.05, 4.69) is 30.1 Å². The highest BCUT2D eigenvalue weighted by Gasteiger charge is 2.12. The zero-order chi connectivity index (χ0) is 13.2. The van der Waals surface area contributed by atoms with Gasteiger partial charge in [0, 0.05) is 12.4 Å². The fraction of sp³-hybridized carbons (Fsp3) is 0.167. The molecule has 3 rings (SSSR count). The van der Waals surface area contributed by atoms with Crippen LogP contribution in [0, 0.1) is 13.8 Å². The predicted octanol–water partition coefficient (Wildman–Crippen LogP) is 1.60. The first-order valence-electron chi connectivity index (χ1n) is 5.64. The van der Waals surface area contributed by atoms with E-state index in [-0.39, 0.29) is 0 Å². The van der Waals surface area contributed by atoms with E-state index in [1.807, 2.05) is 13.8 Å². The van der Waals surface area contributed by atoms with Crippen molar-refractivity contribution in [1.29, 1.82) is 0 Å². The maximum atomic E-state index is 5.51. The van der Waals surface area contributed by atoms with E-state index < -0.39 is 0 Å². The first-order valence-corrected chi connectivity index (χ1v) is 5.64. The van der Waals surface area contributed by atoms with E-state index in [9.17, 15) is 0 Å². The summed E-state index contributed by atoms with van der Waals surface area (Å²) in [5.74, 6) is 0.620. The minimum atomic E-state index is 0.310. The molecule has 0 bridgehead atoms. The van der Waals surface area contributed by atoms with Gasteiger partial charge in [0.05, 0.1) is 23.8 Å². The quantitative estimate of drug-likeness (QED) is 0.685. The van der Waals surface area contributed by atoms with Crippen molar-refractivity contribution in [2.75, 3.05) is 0 Å². The fourth-order valence-corrected chi connectivity index (χ4v) is 1.44. The summed E-state index contributed by atoms with van der Waals surface area (Å²) in [6, 6.07) is 0. The molecule has 0 radical (unpaired) electrons. The summed E-state index contributed by atoms with van der Waals surface area (Å²) in [5.41, 5.74) is 2.72. The van der Waals surface area contributed by atoms with Gasteiger partial charge in [0.2, 0.25) is 0 Å². The van der Waals surface area contributed by atoms with Crippen LogP contribution in [0.25, 0.3) is 23.2 Å². The summed E-state index contributed by atoms with van der Waals surface area (Å²) in [5, 5.41) is 7.86. The van der Waals surface area contributed by atoms with Crippen molar-refractivity contribution in [1.82, 2.24) is 30.1 Å². The largest absolute Gasteiger partial charge is 0.413 e. The van der Waals surface area contributed by atoms with Gasteiger partial charge in [-0.1, -0.05) is 0 Å². The molecule has 94 valence electrons. The molecule has 0 aliphatic heterocycles. The molecule has 3 heterocycles. The van der Waals surface area contributed by atoms with Crippen LogP contribution >= 0.6 is 0 Å². The third-order valence-corrected chi connectivity index (χ3v) is 2.43. The summed E-state index contributed by atoms with van der Waals surface area (Å²) in [6.45, 7) is 3.72. The molecule has 0 aliphatic carbocycles. The lowest BCUT2D eigenvalue weighted by Gasteiger charge is -1.95. The lowest BCUT2D eigenvalue weighted by atomic mass is 10.4. The number of aryl methyl sites for hydroxylation is 2. The Morgan fingerprint density at radius 2 is 1.16 bits per heavy atom. The molecule has 0 atom stereocenters. The summed E-state index contributed by atoms with van der Waals surface area (Å²) in [7, 11) is 0. The van der Waals surface area contributed by atoms with E-state index in [4.69, 9.17) is 4.42 Å². The van der Waals surface area contributed by atoms with Gasteiger partial charge in [0.25, 0.3) is 11.8 Å². The molecule has 0 fully saturated rings. The zero-order valence-electron chi connectivity index (χ0n) is 10.4. The van der Waals surface area contributed by atoms with Gasteiger partial charge in [-0.2, -0.15) is 0 Å². The summed E-state index contributed by atoms with van der Waals surface area (Å²) >= 11 is 0. The Labute approximate surface area is 108 Å². The Morgan fingerprint density at radius 3 is 1.53 bits per heavy atom. The highest BCUT2D eigenvalue weighted by molar-refractivity contribution is 5.50. The molecule has 0 saturated heterocycles. The second kappa shape index (κ2) is 4.52. The van der Waals surface area contributed by atoms with Crippen molar-refractivity contribution in [2.24, 2.45) is 0 Å². The van der Waals surface area contributed by atoms with Crippen LogP contribution in [0.5, 0.6) is 0 Å². The molecule has 0 amide bonds. The van der Waals surface area contributed by atoms with Gasteiger partial charge < -0.3 is 4.42 Å². The smallest absolute Gasteiger partial charge is 0.268 e. The van der Waals surface area contributed by atoms with Crippen molar-refractivity contribution in [3.05, 3.63) is 36.2 Å². The Kier molecular flexibility index (Phi) is 2.71. The predicted molar refractivity (Wildman–Crippen MR) is 65.8 cm³/mol. The minimum Gasteiger partial charge on any atom is -0.413 e. The lowest BCUT2D eigenvalue weighted by Crippen LogP contribution is -1.87. The monoisotopic (exact) mass is 254 g/mol. The van der Waals surface area contributed by atoms with Crippen molar-refractivity contribution in [3.63, 3.8) is 0 Å². The van der Waals surface area contributed by atoms with Gasteiger partial charge in [-0.15, -0.1) is 10.2 Å². The molecule has 3 aromatic rings. The van der Waals surface area contributed by atoms with E-state index in [1.54, 1.807) is 24.8 Å². The minimum absolute atomic E-state index is 0.310. The van der Waals surface area contributed by atoms with E-state index >= 15 is 0 Å². The Bertz CT molecular complexity index is 629. The zero-order valence-corrected chi connectivity index (χ0v) is 10.4. The van der Waals surface area contributed by atoms with Crippen LogP contribution in [0.3, 0.4) is 0 Å². The average Bonchev–Trinajstić information content (AvgIpc) is 2.90. The van der Waals surface area contributed by atoms with Gasteiger partial charge in [0.15, 0.2) is 0 Å². The van der Waals surface area contributed by atoms with Crippen molar-refractivity contribution in [2.45, 2.75) is 13.8 Å². The average molecular weight is 254 g/mol. The van der Waals surface area contributed by atoms with Crippen LogP contribution in [-0.2, 0) is 0 Å². The standard InChI is InChI=1S/C12H10N6O/c1-7-3-15-9(5-13-7)11-17-18-12(19-11)10-6-14-8(2)4-16-10/h3-6H,1-2H3. The van der Waals surface area contributed by atoms with E-state index in [0.29, 0.717) is 23.2 Å². The van der Waals surface area contributed by atoms with Crippen LogP contribution in [0.1, 0.15) is 11.4 Å². The van der Waals surface area contributed by atoms with Gasteiger partial charge in [-0.3, -0.25) is 9.97 Å². The van der Waals surface area contributed by atoms with Crippen LogP contribution in [0.2, 0.25) is 0 Å². The molecule has 0 aromatic carbocycles. The fourth-order valence-electron chi connectivity index (χ4n) is 1.44. The van der Waals surface area contributed by atoms with Crippen LogP contribution < -0.4 is 0 Å². The van der Waals surface area contributed by atoms with Crippen molar-refractivity contribution in [3.8, 4) is 23.2 Å². The van der Waals surface area contributed by atoms with Crippen molar-refractivity contribution >= 4 is 0 Å². The van der Waals surface area contributed by atoms with Gasteiger partial charge in [-0.25, -0.2) is 9.97 Å². The molecule has 7 heteroatoms. The SMILES string of the molecule is Cc1cnc(-c2nnc(-c3cnc(C)cn3)o2)cn1. The molecule has 0 aliphatic rings. The van der Waals surface area contributed by atoms with Crippen molar-refractivity contribution < 1.29 is 4.42 Å². The summed E-state index contributed by atoms with van der Waals surface area (Å²) in [4.78, 5) is 16.6. The Hall–Kier alpha value is -2.70. The molecule has 3 aromatic heterocycles. The molecular weight excluding hydrogens is 244 g/mol. The number of rotatable bonds is 2. The summed E-state index contributed by atoms with van der Waals surface area (Å²) < 4.78 is 5.51. The molecule has 7 nitrogen and oxygen atoms in total. The topological polar surface area (TPSA) is 90.5 Å². The maximum absolute atomic E-state index is 5.51. The lowest BCUT2D eigenvalue weighted by molar-refractivity contribution is 0.578. The molecular formula is C12H10N6O. The Balaban J connectivity index is 1.95. The second-order valence-electron chi connectivity index (χ2n) is 4.00. The highest BCUT2D eigenvalue weighted by Crippen LogP contribution is 2.19. The van der Waals surface area contributed by atoms with Crippen LogP contribution in [0.15, 0.2) is 29.2 Å². The second-order valence-corrected chi connectivity index (χ2v) is 4.00. The first-order chi connectivity index (χ1) is 9.22. The number of hydrogen-bond acceptors (Lipinski definition) is 7.